The molecule has 1 aliphatic heterocycles. The molecule has 0 fully saturated rings. The minimum atomic E-state index is -0.137. The van der Waals surface area contributed by atoms with Crippen LogP contribution in [0, 0.1) is 0 Å². The number of allylic oxidation sites excluding steroid dienone is 2. The van der Waals surface area contributed by atoms with Crippen molar-refractivity contribution in [1.29, 1.82) is 0 Å². The number of nitrogens with zero attached hydrogens (tertiary/aromatic N) is 1. The zero-order valence-corrected chi connectivity index (χ0v) is 9.75. The van der Waals surface area contributed by atoms with Crippen molar-refractivity contribution in [2.75, 3.05) is 0 Å². The van der Waals surface area contributed by atoms with Crippen molar-refractivity contribution in [1.82, 2.24) is 10.4 Å². The second kappa shape index (κ2) is 4.37. The van der Waals surface area contributed by atoms with Gasteiger partial charge in [-0.15, -0.1) is 0 Å². The van der Waals surface area contributed by atoms with Crippen molar-refractivity contribution >= 4 is 22.9 Å². The molecule has 1 aromatic heterocycles. The Morgan fingerprint density at radius 3 is 3.00 bits per heavy atom. The first-order chi connectivity index (χ1) is 7.72. The molecule has 0 atom stereocenters. The molecule has 0 aromatic carbocycles. The minimum Gasteiger partial charge on any atom is -0.268 e. The molecule has 2 rings (SSSR count). The fraction of sp³-hybridized carbons (Fsp3) is 0.0833. The lowest BCUT2D eigenvalue weighted by molar-refractivity contribution is -0.119. The molecule has 0 unspecified atom stereocenters. The van der Waals surface area contributed by atoms with Crippen LogP contribution in [-0.2, 0) is 4.79 Å². The molecule has 1 aromatic rings. The molecule has 0 aliphatic carbocycles. The molecule has 0 saturated heterocycles. The van der Waals surface area contributed by atoms with E-state index in [9.17, 15) is 4.79 Å². The number of hydrazine groups is 1. The summed E-state index contributed by atoms with van der Waals surface area (Å²) >= 11 is 1.62. The van der Waals surface area contributed by atoms with Gasteiger partial charge in [0.2, 0.25) is 0 Å². The summed E-state index contributed by atoms with van der Waals surface area (Å²) in [6, 6.07) is 2.01. The summed E-state index contributed by atoms with van der Waals surface area (Å²) in [5.74, 6) is -0.137. The van der Waals surface area contributed by atoms with Crippen LogP contribution in [0.25, 0.3) is 5.70 Å². The third-order valence-electron chi connectivity index (χ3n) is 2.27. The van der Waals surface area contributed by atoms with Crippen molar-refractivity contribution in [2.24, 2.45) is 0 Å². The topological polar surface area (TPSA) is 32.3 Å². The van der Waals surface area contributed by atoms with E-state index in [4.69, 9.17) is 0 Å². The Balaban J connectivity index is 2.33. The van der Waals surface area contributed by atoms with Gasteiger partial charge in [-0.1, -0.05) is 12.7 Å². The Hall–Kier alpha value is -1.81. The van der Waals surface area contributed by atoms with E-state index in [1.165, 1.54) is 6.08 Å². The Morgan fingerprint density at radius 2 is 2.38 bits per heavy atom. The smallest absolute Gasteiger partial charge is 0.262 e. The first kappa shape index (κ1) is 10.7. The van der Waals surface area contributed by atoms with Crippen LogP contribution in [-0.4, -0.2) is 10.9 Å². The lowest BCUT2D eigenvalue weighted by atomic mass is 10.2. The number of rotatable bonds is 2. The van der Waals surface area contributed by atoms with Gasteiger partial charge in [-0.2, -0.15) is 11.3 Å². The molecule has 0 saturated carbocycles. The standard InChI is InChI=1S/C12H12N2OS/c1-3-11(10-6-7-16-8-10)14-9(2)4-5-12(15)13-14/h3-8H,2H2,1H3,(H,13,15)/b11-3-. The van der Waals surface area contributed by atoms with Gasteiger partial charge in [0.1, 0.15) is 0 Å². The number of nitrogens with one attached hydrogen (secondary N) is 1. The molecule has 16 heavy (non-hydrogen) atoms. The number of hydrogen-bond donors (Lipinski definition) is 1. The largest absolute Gasteiger partial charge is 0.268 e. The first-order valence-electron chi connectivity index (χ1n) is 4.89. The van der Waals surface area contributed by atoms with Crippen LogP contribution in [0.4, 0.5) is 0 Å². The van der Waals surface area contributed by atoms with Crippen LogP contribution in [0.15, 0.2) is 47.3 Å². The van der Waals surface area contributed by atoms with E-state index in [2.05, 4.69) is 12.0 Å². The normalized spacial score (nSPS) is 16.6. The summed E-state index contributed by atoms with van der Waals surface area (Å²) in [6.45, 7) is 5.83. The highest BCUT2D eigenvalue weighted by molar-refractivity contribution is 7.08. The monoisotopic (exact) mass is 232 g/mol. The van der Waals surface area contributed by atoms with Crippen LogP contribution < -0.4 is 5.43 Å². The highest BCUT2D eigenvalue weighted by Gasteiger charge is 2.18. The van der Waals surface area contributed by atoms with E-state index in [0.29, 0.717) is 0 Å². The van der Waals surface area contributed by atoms with E-state index in [0.717, 1.165) is 17.0 Å². The summed E-state index contributed by atoms with van der Waals surface area (Å²) in [5, 5.41) is 5.74. The van der Waals surface area contributed by atoms with Crippen LogP contribution in [0.5, 0.6) is 0 Å². The first-order valence-corrected chi connectivity index (χ1v) is 5.83. The zero-order chi connectivity index (χ0) is 11.5. The molecule has 0 spiro atoms. The van der Waals surface area contributed by atoms with Gasteiger partial charge in [0.25, 0.3) is 5.91 Å². The van der Waals surface area contributed by atoms with Crippen LogP contribution >= 0.6 is 11.3 Å². The Labute approximate surface area is 98.4 Å². The maximum absolute atomic E-state index is 11.3. The van der Waals surface area contributed by atoms with Crippen LogP contribution in [0.3, 0.4) is 0 Å². The van der Waals surface area contributed by atoms with E-state index in [1.54, 1.807) is 22.4 Å². The molecule has 2 heterocycles. The molecule has 0 radical (unpaired) electrons. The van der Waals surface area contributed by atoms with Gasteiger partial charge in [0, 0.05) is 17.0 Å². The molecule has 3 nitrogen and oxygen atoms in total. The molecule has 1 N–H and O–H groups in total. The second-order valence-electron chi connectivity index (χ2n) is 3.32. The second-order valence-corrected chi connectivity index (χ2v) is 4.10. The van der Waals surface area contributed by atoms with Gasteiger partial charge < -0.3 is 0 Å². The van der Waals surface area contributed by atoms with Gasteiger partial charge in [-0.3, -0.25) is 15.2 Å². The Kier molecular flexibility index (Phi) is 2.92. The van der Waals surface area contributed by atoms with Gasteiger partial charge in [0.15, 0.2) is 0 Å². The molecule has 0 bridgehead atoms. The maximum Gasteiger partial charge on any atom is 0.262 e. The average Bonchev–Trinajstić information content (AvgIpc) is 2.78. The molecule has 82 valence electrons. The molecular weight excluding hydrogens is 220 g/mol. The highest BCUT2D eigenvalue weighted by atomic mass is 32.1. The van der Waals surface area contributed by atoms with Crippen molar-refractivity contribution in [3.63, 3.8) is 0 Å². The van der Waals surface area contributed by atoms with Crippen LogP contribution in [0.1, 0.15) is 12.5 Å². The van der Waals surface area contributed by atoms with Crippen molar-refractivity contribution in [3.05, 3.63) is 52.9 Å². The predicted molar refractivity (Wildman–Crippen MR) is 66.2 cm³/mol. The van der Waals surface area contributed by atoms with Gasteiger partial charge in [-0.05, 0) is 24.4 Å². The van der Waals surface area contributed by atoms with Gasteiger partial charge in [0.05, 0.1) is 11.4 Å². The fourth-order valence-electron chi connectivity index (χ4n) is 1.52. The Bertz CT molecular complexity index is 471. The molecule has 1 amide bonds. The van der Waals surface area contributed by atoms with Crippen molar-refractivity contribution in [2.45, 2.75) is 6.92 Å². The summed E-state index contributed by atoms with van der Waals surface area (Å²) < 4.78 is 0. The SMILES string of the molecule is C=C1C=CC(=O)NN1/C(=C\C)c1ccsc1. The summed E-state index contributed by atoms with van der Waals surface area (Å²) in [6.07, 6.45) is 5.13. The number of carbonyl (C=O) groups is 1. The lowest BCUT2D eigenvalue weighted by Crippen LogP contribution is -2.41. The third-order valence-corrected chi connectivity index (χ3v) is 2.95. The summed E-state index contributed by atoms with van der Waals surface area (Å²) in [7, 11) is 0. The summed E-state index contributed by atoms with van der Waals surface area (Å²) in [4.78, 5) is 11.3. The molecular formula is C12H12N2OS. The van der Waals surface area contributed by atoms with E-state index in [1.807, 2.05) is 29.8 Å². The van der Waals surface area contributed by atoms with E-state index < -0.39 is 0 Å². The average molecular weight is 232 g/mol. The predicted octanol–water partition coefficient (Wildman–Crippen LogP) is 2.53. The Morgan fingerprint density at radius 1 is 1.56 bits per heavy atom. The number of hydrogen-bond acceptors (Lipinski definition) is 3. The van der Waals surface area contributed by atoms with E-state index in [-0.39, 0.29) is 5.91 Å². The van der Waals surface area contributed by atoms with Gasteiger partial charge in [-0.25, -0.2) is 0 Å². The third kappa shape index (κ3) is 1.92. The van der Waals surface area contributed by atoms with Crippen LogP contribution in [0.2, 0.25) is 0 Å². The summed E-state index contributed by atoms with van der Waals surface area (Å²) in [5.41, 5.74) is 5.51. The van der Waals surface area contributed by atoms with Crippen molar-refractivity contribution in [3.8, 4) is 0 Å². The van der Waals surface area contributed by atoms with E-state index >= 15 is 0 Å². The number of amides is 1. The van der Waals surface area contributed by atoms with Gasteiger partial charge >= 0.3 is 0 Å². The quantitative estimate of drug-likeness (QED) is 0.849. The zero-order valence-electron chi connectivity index (χ0n) is 8.93. The molecule has 4 heteroatoms. The maximum atomic E-state index is 11.3. The molecule has 1 aliphatic rings. The lowest BCUT2D eigenvalue weighted by Gasteiger charge is -2.29. The fourth-order valence-corrected chi connectivity index (χ4v) is 2.17. The number of carbonyl (C=O) groups excluding carboxylic acids is 1. The minimum absolute atomic E-state index is 0.137. The van der Waals surface area contributed by atoms with Crippen molar-refractivity contribution < 1.29 is 4.79 Å². The number of thiophene rings is 1. The highest BCUT2D eigenvalue weighted by Crippen LogP contribution is 2.24.